The molecule has 0 aliphatic carbocycles. The Kier molecular flexibility index (Phi) is 7.16. The lowest BCUT2D eigenvalue weighted by atomic mass is 10.2. The number of nitro groups is 1. The third-order valence-corrected chi connectivity index (χ3v) is 3.71. The molecule has 28 heavy (non-hydrogen) atoms. The summed E-state index contributed by atoms with van der Waals surface area (Å²) in [5, 5.41) is 25.2. The number of phenolic OH excluding ortho intramolecular Hbond substituents is 1. The van der Waals surface area contributed by atoms with Crippen LogP contribution in [0.15, 0.2) is 35.4 Å². The molecule has 0 atom stereocenters. The molecule has 0 aromatic heterocycles. The third-order valence-electron chi connectivity index (χ3n) is 3.47. The van der Waals surface area contributed by atoms with Crippen LogP contribution in [0.3, 0.4) is 0 Å². The maximum Gasteiger partial charge on any atom is 0.315 e. The highest BCUT2D eigenvalue weighted by Crippen LogP contribution is 2.36. The first kappa shape index (κ1) is 21.0. The summed E-state index contributed by atoms with van der Waals surface area (Å²) in [7, 11) is 0. The van der Waals surface area contributed by atoms with E-state index in [9.17, 15) is 20.0 Å². The summed E-state index contributed by atoms with van der Waals surface area (Å²) in [6.07, 6.45) is 1.19. The molecular weight excluding hydrogens is 390 g/mol. The van der Waals surface area contributed by atoms with E-state index < -0.39 is 22.3 Å². The molecule has 2 N–H and O–H groups in total. The second kappa shape index (κ2) is 9.56. The fourth-order valence-electron chi connectivity index (χ4n) is 2.22. The molecule has 2 rings (SSSR count). The molecule has 10 heteroatoms. The van der Waals surface area contributed by atoms with Gasteiger partial charge in [0, 0.05) is 16.7 Å². The van der Waals surface area contributed by atoms with Gasteiger partial charge < -0.3 is 14.6 Å². The summed E-state index contributed by atoms with van der Waals surface area (Å²) in [4.78, 5) is 22.1. The number of carbonyl (C=O) groups is 1. The van der Waals surface area contributed by atoms with Crippen molar-refractivity contribution < 1.29 is 24.3 Å². The predicted octanol–water partition coefficient (Wildman–Crippen LogP) is 3.19. The van der Waals surface area contributed by atoms with Crippen LogP contribution in [0, 0.1) is 17.0 Å². The topological polar surface area (TPSA) is 123 Å². The molecule has 148 valence electrons. The maximum absolute atomic E-state index is 11.8. The van der Waals surface area contributed by atoms with Crippen LogP contribution in [0.1, 0.15) is 18.1 Å². The van der Waals surface area contributed by atoms with Gasteiger partial charge in [0.05, 0.1) is 17.7 Å². The van der Waals surface area contributed by atoms with Crippen molar-refractivity contribution in [3.8, 4) is 17.2 Å². The van der Waals surface area contributed by atoms with E-state index in [-0.39, 0.29) is 24.5 Å². The molecule has 0 heterocycles. The minimum absolute atomic E-state index is 0.0500. The van der Waals surface area contributed by atoms with Gasteiger partial charge in [-0.15, -0.1) is 0 Å². The minimum Gasteiger partial charge on any atom is -0.500 e. The molecule has 2 aromatic rings. The number of amides is 1. The Hall–Kier alpha value is -3.33. The van der Waals surface area contributed by atoms with Gasteiger partial charge in [0.15, 0.2) is 12.4 Å². The van der Waals surface area contributed by atoms with Crippen LogP contribution >= 0.6 is 11.6 Å². The van der Waals surface area contributed by atoms with Crippen LogP contribution < -0.4 is 14.9 Å². The van der Waals surface area contributed by atoms with E-state index in [2.05, 4.69) is 10.5 Å². The van der Waals surface area contributed by atoms with Crippen molar-refractivity contribution in [2.24, 2.45) is 5.10 Å². The number of nitro benzene ring substituents is 1. The van der Waals surface area contributed by atoms with E-state index in [0.29, 0.717) is 10.8 Å². The summed E-state index contributed by atoms with van der Waals surface area (Å²) in [6, 6.07) is 7.49. The summed E-state index contributed by atoms with van der Waals surface area (Å²) >= 11 is 5.86. The highest BCUT2D eigenvalue weighted by Gasteiger charge is 2.19. The van der Waals surface area contributed by atoms with Gasteiger partial charge in [0.2, 0.25) is 5.75 Å². The largest absolute Gasteiger partial charge is 0.500 e. The van der Waals surface area contributed by atoms with Crippen molar-refractivity contribution >= 4 is 29.4 Å². The number of aromatic hydroxyl groups is 1. The number of ether oxygens (including phenoxy) is 2. The van der Waals surface area contributed by atoms with Gasteiger partial charge in [-0.1, -0.05) is 11.6 Å². The van der Waals surface area contributed by atoms with Crippen LogP contribution in [-0.2, 0) is 4.79 Å². The fraction of sp³-hybridized carbons (Fsp3) is 0.222. The standard InChI is InChI=1S/C18H18ClN3O6/c1-3-27-16-8-12(7-14(18(16)24)22(25)26)9-20-21-17(23)10-28-15-5-4-13(19)6-11(15)2/h4-9,24H,3,10H2,1-2H3,(H,21,23). The Morgan fingerprint density at radius 3 is 2.71 bits per heavy atom. The Labute approximate surface area is 165 Å². The highest BCUT2D eigenvalue weighted by atomic mass is 35.5. The second-order valence-corrected chi connectivity index (χ2v) is 6.01. The summed E-state index contributed by atoms with van der Waals surface area (Å²) < 4.78 is 10.6. The molecule has 2 aromatic carbocycles. The lowest BCUT2D eigenvalue weighted by molar-refractivity contribution is -0.386. The first-order valence-corrected chi connectivity index (χ1v) is 8.54. The molecule has 0 unspecified atom stereocenters. The zero-order valence-corrected chi connectivity index (χ0v) is 15.9. The van der Waals surface area contributed by atoms with E-state index in [4.69, 9.17) is 21.1 Å². The van der Waals surface area contributed by atoms with E-state index >= 15 is 0 Å². The molecule has 0 fully saturated rings. The molecule has 9 nitrogen and oxygen atoms in total. The summed E-state index contributed by atoms with van der Waals surface area (Å²) in [5.41, 5.74) is 2.77. The van der Waals surface area contributed by atoms with Gasteiger partial charge in [-0.05, 0) is 43.7 Å². The predicted molar refractivity (Wildman–Crippen MR) is 103 cm³/mol. The molecule has 1 amide bonds. The lowest BCUT2D eigenvalue weighted by Crippen LogP contribution is -2.24. The Morgan fingerprint density at radius 2 is 2.07 bits per heavy atom. The molecule has 0 spiro atoms. The van der Waals surface area contributed by atoms with Gasteiger partial charge in [0.25, 0.3) is 5.91 Å². The van der Waals surface area contributed by atoms with Gasteiger partial charge in [0.1, 0.15) is 5.75 Å². The SMILES string of the molecule is CCOc1cc(C=NNC(=O)COc2ccc(Cl)cc2C)cc([N+](=O)[O-])c1O. The maximum atomic E-state index is 11.8. The summed E-state index contributed by atoms with van der Waals surface area (Å²) in [6.45, 7) is 3.41. The number of hydrogen-bond acceptors (Lipinski definition) is 7. The van der Waals surface area contributed by atoms with Crippen LogP contribution in [-0.4, -0.2) is 35.4 Å². The number of nitrogens with one attached hydrogen (secondary N) is 1. The molecular formula is C18H18ClN3O6. The van der Waals surface area contributed by atoms with E-state index in [0.717, 1.165) is 11.6 Å². The lowest BCUT2D eigenvalue weighted by Gasteiger charge is -2.08. The Bertz CT molecular complexity index is 916. The number of rotatable bonds is 8. The highest BCUT2D eigenvalue weighted by molar-refractivity contribution is 6.30. The van der Waals surface area contributed by atoms with Crippen molar-refractivity contribution in [3.63, 3.8) is 0 Å². The average molecular weight is 408 g/mol. The van der Waals surface area contributed by atoms with Gasteiger partial charge in [-0.25, -0.2) is 5.43 Å². The summed E-state index contributed by atoms with van der Waals surface area (Å²) in [5.74, 6) is -0.631. The molecule has 0 aliphatic rings. The monoisotopic (exact) mass is 407 g/mol. The van der Waals surface area contributed by atoms with Crippen LogP contribution in [0.2, 0.25) is 5.02 Å². The number of benzene rings is 2. The molecule has 0 bridgehead atoms. The molecule has 0 aliphatic heterocycles. The number of hydrogen-bond donors (Lipinski definition) is 2. The number of aryl methyl sites for hydroxylation is 1. The van der Waals surface area contributed by atoms with Crippen molar-refractivity contribution in [3.05, 3.63) is 56.6 Å². The number of phenols is 1. The first-order chi connectivity index (χ1) is 13.3. The van der Waals surface area contributed by atoms with Crippen molar-refractivity contribution in [2.75, 3.05) is 13.2 Å². The zero-order chi connectivity index (χ0) is 20.7. The minimum atomic E-state index is -0.740. The number of halogens is 1. The van der Waals surface area contributed by atoms with Crippen molar-refractivity contribution in [1.29, 1.82) is 0 Å². The number of carbonyl (C=O) groups excluding carboxylic acids is 1. The van der Waals surface area contributed by atoms with E-state index in [1.54, 1.807) is 32.0 Å². The van der Waals surface area contributed by atoms with Gasteiger partial charge >= 0.3 is 5.69 Å². The van der Waals surface area contributed by atoms with Crippen LogP contribution in [0.5, 0.6) is 17.2 Å². The third kappa shape index (κ3) is 5.58. The quantitative estimate of drug-likeness (QED) is 0.393. The number of nitrogens with zero attached hydrogens (tertiary/aromatic N) is 2. The zero-order valence-electron chi connectivity index (χ0n) is 15.1. The fourth-order valence-corrected chi connectivity index (χ4v) is 2.45. The smallest absolute Gasteiger partial charge is 0.315 e. The van der Waals surface area contributed by atoms with Crippen molar-refractivity contribution in [1.82, 2.24) is 5.43 Å². The van der Waals surface area contributed by atoms with Gasteiger partial charge in [-0.2, -0.15) is 5.10 Å². The first-order valence-electron chi connectivity index (χ1n) is 8.16. The molecule has 0 saturated carbocycles. The molecule has 0 saturated heterocycles. The van der Waals surface area contributed by atoms with Crippen LogP contribution in [0.25, 0.3) is 0 Å². The normalized spacial score (nSPS) is 10.7. The molecule has 0 radical (unpaired) electrons. The van der Waals surface area contributed by atoms with Crippen LogP contribution in [0.4, 0.5) is 5.69 Å². The Balaban J connectivity index is 2.01. The Morgan fingerprint density at radius 1 is 1.32 bits per heavy atom. The number of hydrazone groups is 1. The van der Waals surface area contributed by atoms with E-state index in [1.165, 1.54) is 12.3 Å². The average Bonchev–Trinajstić information content (AvgIpc) is 2.63. The van der Waals surface area contributed by atoms with Crippen molar-refractivity contribution in [2.45, 2.75) is 13.8 Å². The van der Waals surface area contributed by atoms with Gasteiger partial charge in [-0.3, -0.25) is 14.9 Å². The second-order valence-electron chi connectivity index (χ2n) is 5.57. The van der Waals surface area contributed by atoms with E-state index in [1.807, 2.05) is 0 Å².